The van der Waals surface area contributed by atoms with Gasteiger partial charge in [-0.15, -0.1) is 0 Å². The number of aliphatic hydroxyl groups is 2. The maximum absolute atomic E-state index is 11.8. The van der Waals surface area contributed by atoms with Crippen LogP contribution in [0.1, 0.15) is 97.0 Å². The van der Waals surface area contributed by atoms with Crippen molar-refractivity contribution in [2.24, 2.45) is 40.9 Å². The summed E-state index contributed by atoms with van der Waals surface area (Å²) in [7, 11) is 0. The Morgan fingerprint density at radius 3 is 2.67 bits per heavy atom. The van der Waals surface area contributed by atoms with Gasteiger partial charge in [0.1, 0.15) is 6.07 Å². The second-order valence-corrected chi connectivity index (χ2v) is 12.7. The third-order valence-electron chi connectivity index (χ3n) is 11.0. The van der Waals surface area contributed by atoms with Crippen molar-refractivity contribution in [2.75, 3.05) is 0 Å². The van der Waals surface area contributed by atoms with Crippen molar-refractivity contribution in [3.05, 3.63) is 18.0 Å². The summed E-state index contributed by atoms with van der Waals surface area (Å²) in [4.78, 5) is 0. The molecule has 5 heteroatoms. The summed E-state index contributed by atoms with van der Waals surface area (Å²) in [5, 5.41) is 36.2. The summed E-state index contributed by atoms with van der Waals surface area (Å²) in [5.41, 5.74) is -0.527. The Bertz CT molecular complexity index is 903. The Morgan fingerprint density at radius 2 is 1.94 bits per heavy atom. The van der Waals surface area contributed by atoms with Crippen LogP contribution in [0.5, 0.6) is 0 Å². The van der Waals surface area contributed by atoms with E-state index in [1.807, 2.05) is 6.92 Å². The zero-order valence-electron chi connectivity index (χ0n) is 20.8. The minimum absolute atomic E-state index is 0.166. The quantitative estimate of drug-likeness (QED) is 0.648. The van der Waals surface area contributed by atoms with Crippen molar-refractivity contribution in [3.63, 3.8) is 0 Å². The Labute approximate surface area is 199 Å². The van der Waals surface area contributed by atoms with Crippen LogP contribution in [-0.2, 0) is 6.54 Å². The van der Waals surface area contributed by atoms with Crippen LogP contribution in [0.4, 0.5) is 0 Å². The molecule has 4 aliphatic carbocycles. The van der Waals surface area contributed by atoms with E-state index in [0.29, 0.717) is 23.9 Å². The Hall–Kier alpha value is -1.38. The van der Waals surface area contributed by atoms with E-state index in [1.165, 1.54) is 44.9 Å². The maximum atomic E-state index is 11.8. The molecule has 182 valence electrons. The van der Waals surface area contributed by atoms with Gasteiger partial charge in [-0.1, -0.05) is 20.3 Å². The molecule has 4 fully saturated rings. The number of rotatable bonds is 4. The highest BCUT2D eigenvalue weighted by atomic mass is 16.3. The Kier molecular flexibility index (Phi) is 5.93. The molecule has 0 aliphatic heterocycles. The van der Waals surface area contributed by atoms with E-state index in [-0.39, 0.29) is 11.3 Å². The van der Waals surface area contributed by atoms with E-state index < -0.39 is 11.2 Å². The molecule has 33 heavy (non-hydrogen) atoms. The van der Waals surface area contributed by atoms with E-state index in [2.05, 4.69) is 25.0 Å². The van der Waals surface area contributed by atoms with Gasteiger partial charge in [-0.2, -0.15) is 10.4 Å². The zero-order valence-corrected chi connectivity index (χ0v) is 20.8. The molecule has 0 amide bonds. The molecular formula is C28H43N3O2. The van der Waals surface area contributed by atoms with Crippen LogP contribution in [0.2, 0.25) is 0 Å². The lowest BCUT2D eigenvalue weighted by Crippen LogP contribution is -2.58. The molecule has 0 saturated heterocycles. The number of nitriles is 1. The smallest absolute Gasteiger partial charge is 0.102 e. The zero-order chi connectivity index (χ0) is 23.4. The predicted molar refractivity (Wildman–Crippen MR) is 128 cm³/mol. The van der Waals surface area contributed by atoms with Gasteiger partial charge in [-0.3, -0.25) is 4.68 Å². The summed E-state index contributed by atoms with van der Waals surface area (Å²) in [6, 6.07) is 2.15. The highest BCUT2D eigenvalue weighted by Crippen LogP contribution is 2.64. The SMILES string of the molecule is CC[C@@]1(O)CC[C@H]2[C@H](CC[C@@H]3[C@@H]2CC[C@@]2(C)[C@H]3CCC[C@@H]2[C@](C)(O)Cn2cc(C#N)cn2)C1. The fourth-order valence-electron chi connectivity index (χ4n) is 9.45. The summed E-state index contributed by atoms with van der Waals surface area (Å²) < 4.78 is 1.76. The summed E-state index contributed by atoms with van der Waals surface area (Å²) in [6.07, 6.45) is 16.2. The van der Waals surface area contributed by atoms with E-state index in [9.17, 15) is 10.2 Å². The molecule has 0 unspecified atom stereocenters. The molecule has 0 aromatic carbocycles. The van der Waals surface area contributed by atoms with Crippen LogP contribution in [0.15, 0.2) is 12.4 Å². The predicted octanol–water partition coefficient (Wildman–Crippen LogP) is 5.31. The summed E-state index contributed by atoms with van der Waals surface area (Å²) in [5.74, 6) is 4.07. The first-order chi connectivity index (χ1) is 15.7. The third kappa shape index (κ3) is 3.96. The van der Waals surface area contributed by atoms with Crippen molar-refractivity contribution in [1.82, 2.24) is 9.78 Å². The molecule has 1 aromatic rings. The molecule has 4 saturated carbocycles. The number of aromatic nitrogens is 2. The first-order valence-corrected chi connectivity index (χ1v) is 13.6. The summed E-state index contributed by atoms with van der Waals surface area (Å²) >= 11 is 0. The molecule has 0 spiro atoms. The normalized spacial score (nSPS) is 44.6. The summed E-state index contributed by atoms with van der Waals surface area (Å²) in [6.45, 7) is 7.10. The molecule has 5 rings (SSSR count). The first-order valence-electron chi connectivity index (χ1n) is 13.6. The lowest BCUT2D eigenvalue weighted by Gasteiger charge is -2.62. The molecule has 0 radical (unpaired) electrons. The average Bonchev–Trinajstić information content (AvgIpc) is 3.24. The molecule has 1 aromatic heterocycles. The first kappa shape index (κ1) is 23.4. The Balaban J connectivity index is 1.35. The van der Waals surface area contributed by atoms with E-state index in [0.717, 1.165) is 43.4 Å². The molecule has 1 heterocycles. The van der Waals surface area contributed by atoms with E-state index >= 15 is 0 Å². The van der Waals surface area contributed by atoms with Gasteiger partial charge in [0.2, 0.25) is 0 Å². The standard InChI is InChI=1S/C28H43N3O2/c1-4-28(33)13-11-21-20(14-28)8-9-23-22(21)10-12-26(2)24(23)6-5-7-25(26)27(3,32)18-31-17-19(15-29)16-30-31/h16-17,20-25,32-33H,4-14,18H2,1-3H3/t20-,21+,22-,23-,24+,25+,26+,27-,28-/m1/s1. The number of hydrogen-bond donors (Lipinski definition) is 2. The second-order valence-electron chi connectivity index (χ2n) is 12.7. The minimum atomic E-state index is -0.835. The Morgan fingerprint density at radius 1 is 1.15 bits per heavy atom. The second kappa shape index (κ2) is 8.38. The van der Waals surface area contributed by atoms with Crippen molar-refractivity contribution in [2.45, 2.75) is 109 Å². The largest absolute Gasteiger partial charge is 0.390 e. The van der Waals surface area contributed by atoms with Crippen LogP contribution in [0.3, 0.4) is 0 Å². The molecular weight excluding hydrogens is 410 g/mol. The third-order valence-corrected chi connectivity index (χ3v) is 11.0. The average molecular weight is 454 g/mol. The number of fused-ring (bicyclic) bond motifs is 5. The van der Waals surface area contributed by atoms with Gasteiger partial charge in [0.05, 0.1) is 29.5 Å². The maximum Gasteiger partial charge on any atom is 0.102 e. The van der Waals surface area contributed by atoms with E-state index in [4.69, 9.17) is 5.26 Å². The highest BCUT2D eigenvalue weighted by molar-refractivity contribution is 5.21. The van der Waals surface area contributed by atoms with Gasteiger partial charge < -0.3 is 10.2 Å². The molecule has 5 nitrogen and oxygen atoms in total. The van der Waals surface area contributed by atoms with Crippen molar-refractivity contribution in [3.8, 4) is 6.07 Å². The molecule has 0 bridgehead atoms. The lowest BCUT2D eigenvalue weighted by atomic mass is 9.43. The van der Waals surface area contributed by atoms with Crippen LogP contribution in [0, 0.1) is 52.3 Å². The van der Waals surface area contributed by atoms with E-state index in [1.54, 1.807) is 17.1 Å². The van der Waals surface area contributed by atoms with Gasteiger partial charge in [0, 0.05) is 6.20 Å². The topological polar surface area (TPSA) is 82.1 Å². The van der Waals surface area contributed by atoms with Crippen LogP contribution >= 0.6 is 0 Å². The minimum Gasteiger partial charge on any atom is -0.390 e. The van der Waals surface area contributed by atoms with Crippen LogP contribution in [-0.4, -0.2) is 31.2 Å². The fraction of sp³-hybridized carbons (Fsp3) is 0.857. The van der Waals surface area contributed by atoms with Gasteiger partial charge in [-0.05, 0) is 112 Å². The van der Waals surface area contributed by atoms with Crippen LogP contribution < -0.4 is 0 Å². The lowest BCUT2D eigenvalue weighted by molar-refractivity contribution is -0.171. The van der Waals surface area contributed by atoms with Gasteiger partial charge >= 0.3 is 0 Å². The monoisotopic (exact) mass is 453 g/mol. The molecule has 2 N–H and O–H groups in total. The number of nitrogens with zero attached hydrogens (tertiary/aromatic N) is 3. The molecule has 4 aliphatic rings. The van der Waals surface area contributed by atoms with Gasteiger partial charge in [0.15, 0.2) is 0 Å². The molecule has 9 atom stereocenters. The fourth-order valence-corrected chi connectivity index (χ4v) is 9.45. The number of hydrogen-bond acceptors (Lipinski definition) is 4. The highest BCUT2D eigenvalue weighted by Gasteiger charge is 2.59. The van der Waals surface area contributed by atoms with Crippen molar-refractivity contribution >= 4 is 0 Å². The van der Waals surface area contributed by atoms with Gasteiger partial charge in [0.25, 0.3) is 0 Å². The van der Waals surface area contributed by atoms with Crippen molar-refractivity contribution < 1.29 is 10.2 Å². The van der Waals surface area contributed by atoms with Gasteiger partial charge in [-0.25, -0.2) is 0 Å². The van der Waals surface area contributed by atoms with Crippen molar-refractivity contribution in [1.29, 1.82) is 5.26 Å². The van der Waals surface area contributed by atoms with Crippen LogP contribution in [0.25, 0.3) is 0 Å².